The molecule has 0 aliphatic carbocycles. The van der Waals surface area contributed by atoms with Crippen molar-refractivity contribution < 1.29 is 19.4 Å². The highest BCUT2D eigenvalue weighted by Crippen LogP contribution is 1.93. The van der Waals surface area contributed by atoms with Crippen molar-refractivity contribution in [2.45, 2.75) is 13.3 Å². The van der Waals surface area contributed by atoms with E-state index in [0.29, 0.717) is 26.2 Å². The van der Waals surface area contributed by atoms with E-state index in [1.54, 1.807) is 7.11 Å². The van der Waals surface area contributed by atoms with Gasteiger partial charge in [0.15, 0.2) is 0 Å². The Labute approximate surface area is 114 Å². The van der Waals surface area contributed by atoms with Crippen molar-refractivity contribution in [3.05, 3.63) is 0 Å². The second-order valence-electron chi connectivity index (χ2n) is 4.34. The fraction of sp³-hybridized carbons (Fsp3) is 0.833. The zero-order valence-corrected chi connectivity index (χ0v) is 12.0. The molecule has 7 heteroatoms. The number of urea groups is 1. The van der Waals surface area contributed by atoms with E-state index >= 15 is 0 Å². The van der Waals surface area contributed by atoms with Gasteiger partial charge >= 0.3 is 12.0 Å². The Morgan fingerprint density at radius 2 is 1.95 bits per heavy atom. The number of aliphatic carboxylic acids is 1. The SMILES string of the molecule is CCCN(CC(=O)O)C(=O)NCCN(C)CCOC. The van der Waals surface area contributed by atoms with Crippen LogP contribution in [0.2, 0.25) is 0 Å². The number of hydrogen-bond acceptors (Lipinski definition) is 4. The molecule has 0 spiro atoms. The van der Waals surface area contributed by atoms with Gasteiger partial charge in [0, 0.05) is 33.3 Å². The second kappa shape index (κ2) is 10.6. The predicted molar refractivity (Wildman–Crippen MR) is 72.3 cm³/mol. The van der Waals surface area contributed by atoms with Gasteiger partial charge in [-0.05, 0) is 13.5 Å². The highest BCUT2D eigenvalue weighted by atomic mass is 16.5. The van der Waals surface area contributed by atoms with E-state index in [-0.39, 0.29) is 12.6 Å². The molecule has 112 valence electrons. The lowest BCUT2D eigenvalue weighted by Gasteiger charge is -2.22. The molecule has 0 aliphatic heterocycles. The summed E-state index contributed by atoms with van der Waals surface area (Å²) in [5.74, 6) is -0.999. The second-order valence-corrected chi connectivity index (χ2v) is 4.34. The van der Waals surface area contributed by atoms with Gasteiger partial charge in [0.2, 0.25) is 0 Å². The molecule has 0 atom stereocenters. The minimum atomic E-state index is -0.999. The zero-order chi connectivity index (χ0) is 14.7. The number of nitrogens with zero attached hydrogens (tertiary/aromatic N) is 2. The topological polar surface area (TPSA) is 82.1 Å². The van der Waals surface area contributed by atoms with Crippen LogP contribution in [0.3, 0.4) is 0 Å². The molecule has 0 rings (SSSR count). The molecule has 7 nitrogen and oxygen atoms in total. The zero-order valence-electron chi connectivity index (χ0n) is 12.0. The van der Waals surface area contributed by atoms with Gasteiger partial charge in [-0.2, -0.15) is 0 Å². The number of carbonyl (C=O) groups is 2. The number of carbonyl (C=O) groups excluding carboxylic acids is 1. The van der Waals surface area contributed by atoms with Crippen molar-refractivity contribution in [3.63, 3.8) is 0 Å². The predicted octanol–water partition coefficient (Wildman–Crippen LogP) is 0.0708. The lowest BCUT2D eigenvalue weighted by Crippen LogP contribution is -2.45. The molecule has 0 saturated carbocycles. The van der Waals surface area contributed by atoms with Crippen LogP contribution in [-0.2, 0) is 9.53 Å². The Kier molecular flexibility index (Phi) is 9.82. The molecule has 0 saturated heterocycles. The molecule has 2 amide bonds. The summed E-state index contributed by atoms with van der Waals surface area (Å²) >= 11 is 0. The van der Waals surface area contributed by atoms with Gasteiger partial charge in [0.05, 0.1) is 6.61 Å². The summed E-state index contributed by atoms with van der Waals surface area (Å²) in [5.41, 5.74) is 0. The van der Waals surface area contributed by atoms with E-state index in [9.17, 15) is 9.59 Å². The number of rotatable bonds is 10. The molecule has 0 unspecified atom stereocenters. The summed E-state index contributed by atoms with van der Waals surface area (Å²) in [5, 5.41) is 11.4. The molecule has 0 bridgehead atoms. The van der Waals surface area contributed by atoms with Crippen LogP contribution in [0, 0.1) is 0 Å². The molecule has 0 heterocycles. The van der Waals surface area contributed by atoms with Crippen molar-refractivity contribution in [1.82, 2.24) is 15.1 Å². The number of nitrogens with one attached hydrogen (secondary N) is 1. The van der Waals surface area contributed by atoms with Gasteiger partial charge in [-0.15, -0.1) is 0 Å². The molecule has 0 aromatic heterocycles. The summed E-state index contributed by atoms with van der Waals surface area (Å²) in [6.45, 7) is 4.70. The Morgan fingerprint density at radius 1 is 1.26 bits per heavy atom. The molecular weight excluding hydrogens is 250 g/mol. The number of carboxylic acids is 1. The van der Waals surface area contributed by atoms with Crippen molar-refractivity contribution in [1.29, 1.82) is 0 Å². The van der Waals surface area contributed by atoms with E-state index in [4.69, 9.17) is 9.84 Å². The lowest BCUT2D eigenvalue weighted by atomic mass is 10.4. The van der Waals surface area contributed by atoms with E-state index in [0.717, 1.165) is 13.0 Å². The molecule has 19 heavy (non-hydrogen) atoms. The summed E-state index contributed by atoms with van der Waals surface area (Å²) in [6.07, 6.45) is 0.731. The van der Waals surface area contributed by atoms with Crippen LogP contribution in [-0.4, -0.2) is 80.4 Å². The standard InChI is InChI=1S/C12H25N3O4/c1-4-6-15(10-11(16)17)12(18)13-5-7-14(2)8-9-19-3/h4-10H2,1-3H3,(H,13,18)(H,16,17). The summed E-state index contributed by atoms with van der Waals surface area (Å²) in [4.78, 5) is 25.8. The Hall–Kier alpha value is -1.34. The molecule has 0 aromatic rings. The van der Waals surface area contributed by atoms with Crippen molar-refractivity contribution in [3.8, 4) is 0 Å². The molecule has 0 radical (unpaired) electrons. The van der Waals surface area contributed by atoms with E-state index < -0.39 is 5.97 Å². The Balaban J connectivity index is 3.94. The number of hydrogen-bond donors (Lipinski definition) is 2. The third-order valence-electron chi connectivity index (χ3n) is 2.55. The first-order valence-electron chi connectivity index (χ1n) is 6.43. The molecule has 2 N–H and O–H groups in total. The molecule has 0 aliphatic rings. The highest BCUT2D eigenvalue weighted by Gasteiger charge is 2.15. The van der Waals surface area contributed by atoms with E-state index in [1.165, 1.54) is 4.90 Å². The van der Waals surface area contributed by atoms with Gasteiger partial charge in [-0.1, -0.05) is 6.92 Å². The Bertz CT molecular complexity index is 274. The minimum absolute atomic E-state index is 0.265. The first-order chi connectivity index (χ1) is 9.01. The van der Waals surface area contributed by atoms with Gasteiger partial charge in [-0.25, -0.2) is 4.79 Å². The summed E-state index contributed by atoms with van der Waals surface area (Å²) in [7, 11) is 3.58. The quantitative estimate of drug-likeness (QED) is 0.589. The number of methoxy groups -OCH3 is 1. The maximum absolute atomic E-state index is 11.8. The third kappa shape index (κ3) is 9.26. The van der Waals surface area contributed by atoms with Crippen LogP contribution in [0.15, 0.2) is 0 Å². The fourth-order valence-electron chi connectivity index (χ4n) is 1.51. The lowest BCUT2D eigenvalue weighted by molar-refractivity contribution is -0.137. The van der Waals surface area contributed by atoms with Gasteiger partial charge in [0.25, 0.3) is 0 Å². The minimum Gasteiger partial charge on any atom is -0.480 e. The highest BCUT2D eigenvalue weighted by molar-refractivity contribution is 5.80. The third-order valence-corrected chi connectivity index (χ3v) is 2.55. The summed E-state index contributed by atoms with van der Waals surface area (Å²) in [6, 6.07) is -0.329. The Morgan fingerprint density at radius 3 is 2.47 bits per heavy atom. The number of likely N-dealkylation sites (N-methyl/N-ethyl adjacent to an activating group) is 1. The maximum Gasteiger partial charge on any atom is 0.323 e. The van der Waals surface area contributed by atoms with Crippen LogP contribution in [0.1, 0.15) is 13.3 Å². The average Bonchev–Trinajstić information content (AvgIpc) is 2.35. The van der Waals surface area contributed by atoms with Crippen LogP contribution < -0.4 is 5.32 Å². The van der Waals surface area contributed by atoms with E-state index in [2.05, 4.69) is 5.32 Å². The summed E-state index contributed by atoms with van der Waals surface area (Å²) < 4.78 is 4.95. The fourth-order valence-corrected chi connectivity index (χ4v) is 1.51. The number of amides is 2. The first kappa shape index (κ1) is 17.7. The van der Waals surface area contributed by atoms with Crippen LogP contribution in [0.25, 0.3) is 0 Å². The monoisotopic (exact) mass is 275 g/mol. The van der Waals surface area contributed by atoms with Crippen LogP contribution >= 0.6 is 0 Å². The van der Waals surface area contributed by atoms with Crippen LogP contribution in [0.5, 0.6) is 0 Å². The van der Waals surface area contributed by atoms with Crippen molar-refractivity contribution in [2.24, 2.45) is 0 Å². The molecule has 0 fully saturated rings. The van der Waals surface area contributed by atoms with Gasteiger partial charge in [-0.3, -0.25) is 4.79 Å². The average molecular weight is 275 g/mol. The van der Waals surface area contributed by atoms with Gasteiger partial charge in [0.1, 0.15) is 6.54 Å². The largest absolute Gasteiger partial charge is 0.480 e. The van der Waals surface area contributed by atoms with Crippen molar-refractivity contribution in [2.75, 3.05) is 53.5 Å². The van der Waals surface area contributed by atoms with Gasteiger partial charge < -0.3 is 25.0 Å². The maximum atomic E-state index is 11.8. The molecule has 0 aromatic carbocycles. The normalized spacial score (nSPS) is 10.5. The smallest absolute Gasteiger partial charge is 0.323 e. The van der Waals surface area contributed by atoms with Crippen LogP contribution in [0.4, 0.5) is 4.79 Å². The van der Waals surface area contributed by atoms with E-state index in [1.807, 2.05) is 18.9 Å². The molecular formula is C12H25N3O4. The number of carboxylic acid groups (broad SMARTS) is 1. The number of ether oxygens (including phenoxy) is 1. The van der Waals surface area contributed by atoms with Crippen molar-refractivity contribution >= 4 is 12.0 Å². The first-order valence-corrected chi connectivity index (χ1v) is 6.43.